The molecule has 1 unspecified atom stereocenters. The van der Waals surface area contributed by atoms with E-state index in [1.165, 1.54) is 11.0 Å². The summed E-state index contributed by atoms with van der Waals surface area (Å²) < 4.78 is 15.6. The number of para-hydroxylation sites is 1. The van der Waals surface area contributed by atoms with Gasteiger partial charge in [0, 0.05) is 13.5 Å². The van der Waals surface area contributed by atoms with Crippen LogP contribution in [0.4, 0.5) is 10.1 Å². The molecule has 3 rings (SSSR count). The Morgan fingerprint density at radius 3 is 2.95 bits per heavy atom. The van der Waals surface area contributed by atoms with Gasteiger partial charge in [-0.3, -0.25) is 4.79 Å². The van der Waals surface area contributed by atoms with Gasteiger partial charge >= 0.3 is 0 Å². The number of aryl methyl sites for hydroxylation is 2. The van der Waals surface area contributed by atoms with Gasteiger partial charge in [-0.1, -0.05) is 12.1 Å². The van der Waals surface area contributed by atoms with Crippen LogP contribution < -0.4 is 4.90 Å². The molecule has 6 heteroatoms. The summed E-state index contributed by atoms with van der Waals surface area (Å²) in [6.45, 7) is 2.35. The summed E-state index contributed by atoms with van der Waals surface area (Å²) in [4.78, 5) is 18.3. The predicted molar refractivity (Wildman–Crippen MR) is 76.4 cm³/mol. The Hall–Kier alpha value is -2.24. The summed E-state index contributed by atoms with van der Waals surface area (Å²) in [6, 6.07) is 6.31. The maximum absolute atomic E-state index is 13.8. The number of carbonyl (C=O) groups excluding carboxylic acids is 1. The van der Waals surface area contributed by atoms with Gasteiger partial charge in [-0.05, 0) is 25.5 Å². The molecule has 2 heterocycles. The van der Waals surface area contributed by atoms with Crippen LogP contribution in [0, 0.1) is 18.7 Å². The fraction of sp³-hybridized carbons (Fsp3) is 0.400. The molecule has 0 saturated carbocycles. The number of hydrogen-bond donors (Lipinski definition) is 0. The van der Waals surface area contributed by atoms with Gasteiger partial charge in [-0.25, -0.2) is 14.1 Å². The number of halogens is 1. The van der Waals surface area contributed by atoms with E-state index < -0.39 is 0 Å². The maximum Gasteiger partial charge on any atom is 0.231 e. The zero-order valence-corrected chi connectivity index (χ0v) is 12.1. The minimum Gasteiger partial charge on any atom is -0.313 e. The number of fused-ring (bicyclic) bond motifs is 1. The minimum atomic E-state index is -0.388. The standard InChI is InChI=1S/C15H17FN4O/c1-10-17-14-8-7-11(9-20(14)18-10)15(21)19(2)13-6-4-3-5-12(13)16/h3-6,11H,7-9H2,1-2H3. The van der Waals surface area contributed by atoms with Crippen LogP contribution in [0.3, 0.4) is 0 Å². The predicted octanol–water partition coefficient (Wildman–Crippen LogP) is 1.95. The Balaban J connectivity index is 1.79. The molecule has 5 nitrogen and oxygen atoms in total. The maximum atomic E-state index is 13.8. The van der Waals surface area contributed by atoms with Gasteiger partial charge in [0.25, 0.3) is 0 Å². The van der Waals surface area contributed by atoms with Crippen LogP contribution in [0.15, 0.2) is 24.3 Å². The van der Waals surface area contributed by atoms with Gasteiger partial charge in [-0.15, -0.1) is 0 Å². The first-order valence-corrected chi connectivity index (χ1v) is 6.98. The van der Waals surface area contributed by atoms with Gasteiger partial charge in [-0.2, -0.15) is 5.10 Å². The lowest BCUT2D eigenvalue weighted by Gasteiger charge is -2.27. The summed E-state index contributed by atoms with van der Waals surface area (Å²) in [6.07, 6.45) is 1.44. The third kappa shape index (κ3) is 2.53. The van der Waals surface area contributed by atoms with Crippen LogP contribution in [-0.4, -0.2) is 27.7 Å². The topological polar surface area (TPSA) is 51.0 Å². The van der Waals surface area contributed by atoms with E-state index in [2.05, 4.69) is 10.1 Å². The van der Waals surface area contributed by atoms with E-state index in [0.29, 0.717) is 12.2 Å². The van der Waals surface area contributed by atoms with E-state index >= 15 is 0 Å². The van der Waals surface area contributed by atoms with Gasteiger partial charge < -0.3 is 4.90 Å². The second-order valence-electron chi connectivity index (χ2n) is 5.34. The lowest BCUT2D eigenvalue weighted by molar-refractivity contribution is -0.123. The van der Waals surface area contributed by atoms with E-state index in [4.69, 9.17) is 0 Å². The number of aromatic nitrogens is 3. The largest absolute Gasteiger partial charge is 0.313 e. The molecule has 1 amide bonds. The van der Waals surface area contributed by atoms with Crippen LogP contribution in [-0.2, 0) is 17.8 Å². The van der Waals surface area contributed by atoms with Crippen molar-refractivity contribution in [2.45, 2.75) is 26.3 Å². The van der Waals surface area contributed by atoms with Crippen LogP contribution in [0.2, 0.25) is 0 Å². The van der Waals surface area contributed by atoms with Crippen molar-refractivity contribution in [2.75, 3.05) is 11.9 Å². The van der Waals surface area contributed by atoms with Gasteiger partial charge in [0.05, 0.1) is 18.2 Å². The summed E-state index contributed by atoms with van der Waals surface area (Å²) >= 11 is 0. The molecule has 0 aliphatic carbocycles. The third-order valence-corrected chi connectivity index (χ3v) is 3.86. The van der Waals surface area contributed by atoms with Crippen molar-refractivity contribution in [2.24, 2.45) is 5.92 Å². The summed E-state index contributed by atoms with van der Waals surface area (Å²) in [5.41, 5.74) is 0.308. The molecule has 1 atom stereocenters. The van der Waals surface area contributed by atoms with E-state index in [0.717, 1.165) is 24.5 Å². The molecular formula is C15H17FN4O. The quantitative estimate of drug-likeness (QED) is 0.848. The highest BCUT2D eigenvalue weighted by Crippen LogP contribution is 2.24. The Morgan fingerprint density at radius 2 is 2.19 bits per heavy atom. The lowest BCUT2D eigenvalue weighted by Crippen LogP contribution is -2.38. The van der Waals surface area contributed by atoms with Crippen LogP contribution in [0.5, 0.6) is 0 Å². The highest BCUT2D eigenvalue weighted by molar-refractivity contribution is 5.94. The Kier molecular flexibility index (Phi) is 3.45. The Morgan fingerprint density at radius 1 is 1.43 bits per heavy atom. The van der Waals surface area contributed by atoms with Crippen molar-refractivity contribution < 1.29 is 9.18 Å². The molecule has 1 aromatic heterocycles. The Bertz CT molecular complexity index is 682. The average molecular weight is 288 g/mol. The van der Waals surface area contributed by atoms with E-state index in [1.54, 1.807) is 29.9 Å². The highest BCUT2D eigenvalue weighted by Gasteiger charge is 2.29. The van der Waals surface area contributed by atoms with Gasteiger partial charge in [0.2, 0.25) is 5.91 Å². The van der Waals surface area contributed by atoms with Crippen LogP contribution in [0.25, 0.3) is 0 Å². The zero-order valence-electron chi connectivity index (χ0n) is 12.1. The first-order valence-electron chi connectivity index (χ1n) is 6.98. The third-order valence-electron chi connectivity index (χ3n) is 3.86. The molecule has 2 aromatic rings. The molecule has 1 aromatic carbocycles. The van der Waals surface area contributed by atoms with Crippen molar-refractivity contribution in [1.29, 1.82) is 0 Å². The number of hydrogen-bond acceptors (Lipinski definition) is 3. The average Bonchev–Trinajstić information content (AvgIpc) is 2.85. The molecule has 1 aliphatic rings. The van der Waals surface area contributed by atoms with Crippen LogP contribution >= 0.6 is 0 Å². The SMILES string of the molecule is Cc1nc2n(n1)CC(C(=O)N(C)c1ccccc1F)CC2. The Labute approximate surface area is 122 Å². The van der Waals surface area contributed by atoms with E-state index in [1.807, 2.05) is 6.92 Å². The highest BCUT2D eigenvalue weighted by atomic mass is 19.1. The fourth-order valence-corrected chi connectivity index (χ4v) is 2.75. The van der Waals surface area contributed by atoms with Crippen molar-refractivity contribution in [3.8, 4) is 0 Å². The second-order valence-corrected chi connectivity index (χ2v) is 5.34. The van der Waals surface area contributed by atoms with Crippen LogP contribution in [0.1, 0.15) is 18.1 Å². The molecule has 0 saturated heterocycles. The monoisotopic (exact) mass is 288 g/mol. The number of rotatable bonds is 2. The molecule has 110 valence electrons. The van der Waals surface area contributed by atoms with Crippen molar-refractivity contribution in [1.82, 2.24) is 14.8 Å². The van der Waals surface area contributed by atoms with Crippen molar-refractivity contribution in [3.63, 3.8) is 0 Å². The number of carbonyl (C=O) groups is 1. The first kappa shape index (κ1) is 13.7. The van der Waals surface area contributed by atoms with E-state index in [-0.39, 0.29) is 17.6 Å². The van der Waals surface area contributed by atoms with E-state index in [9.17, 15) is 9.18 Å². The summed E-state index contributed by atoms with van der Waals surface area (Å²) in [5, 5.41) is 4.29. The first-order chi connectivity index (χ1) is 10.1. The summed E-state index contributed by atoms with van der Waals surface area (Å²) in [7, 11) is 1.61. The normalized spacial score (nSPS) is 17.4. The number of nitrogens with zero attached hydrogens (tertiary/aromatic N) is 4. The van der Waals surface area contributed by atoms with Crippen molar-refractivity contribution in [3.05, 3.63) is 41.7 Å². The number of amides is 1. The molecule has 0 spiro atoms. The molecular weight excluding hydrogens is 271 g/mol. The van der Waals surface area contributed by atoms with Gasteiger partial charge in [0.15, 0.2) is 0 Å². The molecule has 21 heavy (non-hydrogen) atoms. The smallest absolute Gasteiger partial charge is 0.231 e. The zero-order chi connectivity index (χ0) is 15.0. The molecule has 1 aliphatic heterocycles. The lowest BCUT2D eigenvalue weighted by atomic mass is 9.98. The molecule has 0 N–H and O–H groups in total. The summed E-state index contributed by atoms with van der Waals surface area (Å²) in [5.74, 6) is 0.981. The second kappa shape index (κ2) is 5.27. The molecule has 0 radical (unpaired) electrons. The van der Waals surface area contributed by atoms with Gasteiger partial charge in [0.1, 0.15) is 17.5 Å². The van der Waals surface area contributed by atoms with Crippen molar-refractivity contribution >= 4 is 11.6 Å². The number of anilines is 1. The number of benzene rings is 1. The minimum absolute atomic E-state index is 0.0843. The molecule has 0 bridgehead atoms. The fourth-order valence-electron chi connectivity index (χ4n) is 2.75. The molecule has 0 fully saturated rings.